The minimum atomic E-state index is -0.0726. The molecule has 0 bridgehead atoms. The fourth-order valence-electron chi connectivity index (χ4n) is 3.26. The van der Waals surface area contributed by atoms with Gasteiger partial charge in [0.05, 0.1) is 5.69 Å². The Balaban J connectivity index is 1.82. The van der Waals surface area contributed by atoms with Crippen molar-refractivity contribution >= 4 is 23.5 Å². The van der Waals surface area contributed by atoms with E-state index < -0.39 is 0 Å². The van der Waals surface area contributed by atoms with Gasteiger partial charge in [-0.2, -0.15) is 5.10 Å². The minimum absolute atomic E-state index is 0.0726. The Labute approximate surface area is 147 Å². The van der Waals surface area contributed by atoms with Crippen LogP contribution in [0.15, 0.2) is 30.3 Å². The molecule has 1 saturated heterocycles. The van der Waals surface area contributed by atoms with E-state index in [-0.39, 0.29) is 11.7 Å². The number of allylic oxidation sites excluding steroid dienone is 1. The molecule has 2 aromatic rings. The number of carbonyl (C=O) groups is 2. The lowest BCUT2D eigenvalue weighted by molar-refractivity contribution is -0.117. The molecule has 1 aromatic carbocycles. The Hall–Kier alpha value is -2.69. The molecule has 130 valence electrons. The second kappa shape index (κ2) is 7.05. The highest BCUT2D eigenvalue weighted by atomic mass is 16.2. The molecular weight excluding hydrogens is 314 g/mol. The van der Waals surface area contributed by atoms with Crippen LogP contribution in [0.25, 0.3) is 6.08 Å². The molecule has 0 N–H and O–H groups in total. The van der Waals surface area contributed by atoms with Gasteiger partial charge >= 0.3 is 0 Å². The van der Waals surface area contributed by atoms with E-state index in [9.17, 15) is 9.59 Å². The number of nitrogens with zero attached hydrogens (tertiary/aromatic N) is 3. The summed E-state index contributed by atoms with van der Waals surface area (Å²) in [6.07, 6.45) is 4.87. The molecule has 0 atom stereocenters. The van der Waals surface area contributed by atoms with Crippen LogP contribution in [0.5, 0.6) is 0 Å². The van der Waals surface area contributed by atoms with Crippen LogP contribution >= 0.6 is 0 Å². The van der Waals surface area contributed by atoms with Crippen molar-refractivity contribution in [2.75, 3.05) is 11.4 Å². The number of rotatable bonds is 5. The molecule has 2 heterocycles. The first-order valence-corrected chi connectivity index (χ1v) is 8.68. The number of ketones is 1. The van der Waals surface area contributed by atoms with Gasteiger partial charge in [-0.25, -0.2) is 0 Å². The van der Waals surface area contributed by atoms with Crippen molar-refractivity contribution in [1.29, 1.82) is 0 Å². The normalized spacial score (nSPS) is 14.7. The Morgan fingerprint density at radius 2 is 2.12 bits per heavy atom. The zero-order valence-electron chi connectivity index (χ0n) is 15.0. The highest BCUT2D eigenvalue weighted by molar-refractivity contribution is 6.08. The number of anilines is 1. The molecule has 0 radical (unpaired) electrons. The number of hydrogen-bond donors (Lipinski definition) is 0. The largest absolute Gasteiger partial charge is 0.312 e. The first-order chi connectivity index (χ1) is 12.0. The Bertz CT molecular complexity index is 849. The predicted octanol–water partition coefficient (Wildman–Crippen LogP) is 3.54. The predicted molar refractivity (Wildman–Crippen MR) is 98.8 cm³/mol. The molecule has 25 heavy (non-hydrogen) atoms. The number of carbonyl (C=O) groups excluding carboxylic acids is 2. The molecule has 1 fully saturated rings. The first-order valence-electron chi connectivity index (χ1n) is 8.68. The van der Waals surface area contributed by atoms with Gasteiger partial charge in [0.25, 0.3) is 0 Å². The summed E-state index contributed by atoms with van der Waals surface area (Å²) < 4.78 is 1.93. The number of hydrogen-bond acceptors (Lipinski definition) is 3. The second-order valence-corrected chi connectivity index (χ2v) is 6.30. The fourth-order valence-corrected chi connectivity index (χ4v) is 3.26. The van der Waals surface area contributed by atoms with Crippen LogP contribution in [0.2, 0.25) is 0 Å². The summed E-state index contributed by atoms with van der Waals surface area (Å²) in [6.45, 7) is 7.53. The Morgan fingerprint density at radius 3 is 2.76 bits per heavy atom. The number of aromatic nitrogens is 2. The van der Waals surface area contributed by atoms with E-state index in [4.69, 9.17) is 0 Å². The number of aryl methyl sites for hydroxylation is 2. The van der Waals surface area contributed by atoms with E-state index >= 15 is 0 Å². The average Bonchev–Trinajstić information content (AvgIpc) is 3.16. The van der Waals surface area contributed by atoms with Crippen molar-refractivity contribution in [2.45, 2.75) is 40.2 Å². The molecule has 0 aliphatic carbocycles. The zero-order valence-corrected chi connectivity index (χ0v) is 15.0. The van der Waals surface area contributed by atoms with Crippen molar-refractivity contribution < 1.29 is 9.59 Å². The van der Waals surface area contributed by atoms with E-state index in [0.29, 0.717) is 12.0 Å². The molecule has 5 heteroatoms. The van der Waals surface area contributed by atoms with Crippen LogP contribution in [-0.4, -0.2) is 28.0 Å². The molecule has 0 saturated carbocycles. The van der Waals surface area contributed by atoms with Crippen molar-refractivity contribution in [2.24, 2.45) is 0 Å². The van der Waals surface area contributed by atoms with Crippen LogP contribution < -0.4 is 4.90 Å². The summed E-state index contributed by atoms with van der Waals surface area (Å²) in [5.41, 5.74) is 4.35. The highest BCUT2D eigenvalue weighted by Gasteiger charge is 2.22. The van der Waals surface area contributed by atoms with Crippen molar-refractivity contribution in [3.05, 3.63) is 52.9 Å². The van der Waals surface area contributed by atoms with Gasteiger partial charge in [-0.15, -0.1) is 0 Å². The Kier molecular flexibility index (Phi) is 4.83. The van der Waals surface area contributed by atoms with E-state index in [2.05, 4.69) is 5.10 Å². The maximum absolute atomic E-state index is 12.5. The van der Waals surface area contributed by atoms with Gasteiger partial charge in [0, 0.05) is 42.0 Å². The molecule has 1 aliphatic rings. The van der Waals surface area contributed by atoms with Gasteiger partial charge in [0.1, 0.15) is 0 Å². The van der Waals surface area contributed by atoms with E-state index in [1.807, 2.05) is 43.7 Å². The quantitative estimate of drug-likeness (QED) is 0.619. The standard InChI is InChI=1S/C20H23N3O2/c1-4-23-15(3)18(14(2)21-23)10-11-19(24)16-7-5-8-17(13-16)22-12-6-9-20(22)25/h5,7-8,10-11,13H,4,6,9,12H2,1-3H3. The molecule has 0 unspecified atom stereocenters. The molecule has 1 amide bonds. The van der Waals surface area contributed by atoms with Gasteiger partial charge in [0.15, 0.2) is 5.78 Å². The van der Waals surface area contributed by atoms with Crippen molar-refractivity contribution in [1.82, 2.24) is 9.78 Å². The van der Waals surface area contributed by atoms with Crippen LogP contribution in [0.4, 0.5) is 5.69 Å². The SMILES string of the molecule is CCn1nc(C)c(C=CC(=O)c2cccc(N3CCCC3=O)c2)c1C. The zero-order chi connectivity index (χ0) is 18.0. The van der Waals surface area contributed by atoms with Gasteiger partial charge in [-0.3, -0.25) is 14.3 Å². The van der Waals surface area contributed by atoms with Crippen molar-refractivity contribution in [3.8, 4) is 0 Å². The van der Waals surface area contributed by atoms with Crippen LogP contribution in [0.3, 0.4) is 0 Å². The second-order valence-electron chi connectivity index (χ2n) is 6.30. The van der Waals surface area contributed by atoms with Gasteiger partial charge in [0.2, 0.25) is 5.91 Å². The van der Waals surface area contributed by atoms with Crippen LogP contribution in [0, 0.1) is 13.8 Å². The highest BCUT2D eigenvalue weighted by Crippen LogP contribution is 2.23. The summed E-state index contributed by atoms with van der Waals surface area (Å²) in [7, 11) is 0. The van der Waals surface area contributed by atoms with Gasteiger partial charge in [-0.05, 0) is 51.5 Å². The molecule has 1 aromatic heterocycles. The smallest absolute Gasteiger partial charge is 0.227 e. The maximum Gasteiger partial charge on any atom is 0.227 e. The fraction of sp³-hybridized carbons (Fsp3) is 0.350. The summed E-state index contributed by atoms with van der Waals surface area (Å²) in [5, 5.41) is 4.46. The average molecular weight is 337 g/mol. The maximum atomic E-state index is 12.5. The summed E-state index contributed by atoms with van der Waals surface area (Å²) in [5.74, 6) is 0.0508. The summed E-state index contributed by atoms with van der Waals surface area (Å²) in [6, 6.07) is 7.29. The molecule has 3 rings (SSSR count). The summed E-state index contributed by atoms with van der Waals surface area (Å²) >= 11 is 0. The number of benzene rings is 1. The lowest BCUT2D eigenvalue weighted by atomic mass is 10.1. The molecular formula is C20H23N3O2. The summed E-state index contributed by atoms with van der Waals surface area (Å²) in [4.78, 5) is 26.2. The van der Waals surface area contributed by atoms with E-state index in [0.717, 1.165) is 42.1 Å². The molecule has 0 spiro atoms. The van der Waals surface area contributed by atoms with Crippen molar-refractivity contribution in [3.63, 3.8) is 0 Å². The first kappa shape index (κ1) is 17.1. The topological polar surface area (TPSA) is 55.2 Å². The molecule has 1 aliphatic heterocycles. The van der Waals surface area contributed by atoms with Gasteiger partial charge < -0.3 is 4.90 Å². The third-order valence-corrected chi connectivity index (χ3v) is 4.65. The van der Waals surface area contributed by atoms with Crippen LogP contribution in [-0.2, 0) is 11.3 Å². The third kappa shape index (κ3) is 3.40. The monoisotopic (exact) mass is 337 g/mol. The third-order valence-electron chi connectivity index (χ3n) is 4.65. The Morgan fingerprint density at radius 1 is 1.32 bits per heavy atom. The van der Waals surface area contributed by atoms with Gasteiger partial charge in [-0.1, -0.05) is 12.1 Å². The number of amides is 1. The minimum Gasteiger partial charge on any atom is -0.312 e. The lowest BCUT2D eigenvalue weighted by Gasteiger charge is -2.16. The van der Waals surface area contributed by atoms with E-state index in [1.54, 1.807) is 23.1 Å². The van der Waals surface area contributed by atoms with E-state index in [1.165, 1.54) is 0 Å². The van der Waals surface area contributed by atoms with Crippen LogP contribution in [0.1, 0.15) is 47.1 Å². The lowest BCUT2D eigenvalue weighted by Crippen LogP contribution is -2.23. The molecule has 5 nitrogen and oxygen atoms in total.